The van der Waals surface area contributed by atoms with Crippen molar-refractivity contribution in [1.29, 1.82) is 0 Å². The quantitative estimate of drug-likeness (QED) is 0.196. The van der Waals surface area contributed by atoms with E-state index in [0.717, 1.165) is 41.0 Å². The fraction of sp³-hybridized carbons (Fsp3) is 0.0465. The minimum absolute atomic E-state index is 0.962. The highest BCUT2D eigenvalue weighted by molar-refractivity contribution is 5.97. The molecule has 8 aromatic rings. The van der Waals surface area contributed by atoms with Crippen LogP contribution in [0.2, 0.25) is 0 Å². The number of hydrogen-bond donors (Lipinski definition) is 0. The van der Waals surface area contributed by atoms with Gasteiger partial charge in [0, 0.05) is 50.7 Å². The van der Waals surface area contributed by atoms with Crippen molar-refractivity contribution < 1.29 is 0 Å². The van der Waals surface area contributed by atoms with Crippen LogP contribution in [-0.4, -0.2) is 14.1 Å². The van der Waals surface area contributed by atoms with Crippen molar-refractivity contribution in [3.8, 4) is 45.0 Å². The van der Waals surface area contributed by atoms with Crippen LogP contribution >= 0.6 is 0 Å². The minimum atomic E-state index is 0.962. The Hall–Kier alpha value is -5.93. The maximum atomic E-state index is 5.07. The number of para-hydroxylation sites is 1. The van der Waals surface area contributed by atoms with Crippen molar-refractivity contribution in [2.24, 2.45) is 0 Å². The molecule has 0 amide bonds. The average Bonchev–Trinajstić information content (AvgIpc) is 3.71. The van der Waals surface area contributed by atoms with Gasteiger partial charge in [-0.05, 0) is 78.6 Å². The van der Waals surface area contributed by atoms with E-state index in [4.69, 9.17) is 4.98 Å². The van der Waals surface area contributed by atoms with Crippen molar-refractivity contribution in [2.45, 2.75) is 12.8 Å². The minimum Gasteiger partial charge on any atom is -0.316 e. The van der Waals surface area contributed by atoms with Gasteiger partial charge in [-0.2, -0.15) is 0 Å². The molecular weight excluding hydrogens is 558 g/mol. The summed E-state index contributed by atoms with van der Waals surface area (Å²) in [6, 6.07) is 52.0. The summed E-state index contributed by atoms with van der Waals surface area (Å²) < 4.78 is 4.73. The van der Waals surface area contributed by atoms with Gasteiger partial charge in [-0.1, -0.05) is 103 Å². The van der Waals surface area contributed by atoms with Crippen LogP contribution in [0.3, 0.4) is 0 Å². The van der Waals surface area contributed by atoms with Crippen LogP contribution in [0.5, 0.6) is 0 Å². The first kappa shape index (κ1) is 26.5. The number of benzene rings is 5. The van der Waals surface area contributed by atoms with E-state index >= 15 is 0 Å². The van der Waals surface area contributed by atoms with Crippen LogP contribution in [0.25, 0.3) is 72.9 Å². The lowest BCUT2D eigenvalue weighted by Crippen LogP contribution is -2.02. The molecule has 3 heteroatoms. The SMILES string of the molecule is C1=Cc2c(n(-c3ccccc3)c3ccc(-c4ccc5c(ccn5-c5cc(-c6ccccc6)nc(-c6ccccc6)c5)c4)cc23)CC1. The highest BCUT2D eigenvalue weighted by atomic mass is 15.0. The van der Waals surface area contributed by atoms with Crippen LogP contribution < -0.4 is 0 Å². The van der Waals surface area contributed by atoms with Gasteiger partial charge in [0.05, 0.1) is 22.4 Å². The van der Waals surface area contributed by atoms with Crippen molar-refractivity contribution in [3.05, 3.63) is 169 Å². The number of rotatable bonds is 5. The van der Waals surface area contributed by atoms with E-state index in [2.05, 4.69) is 161 Å². The smallest absolute Gasteiger partial charge is 0.0730 e. The van der Waals surface area contributed by atoms with Gasteiger partial charge in [0.1, 0.15) is 0 Å². The van der Waals surface area contributed by atoms with Gasteiger partial charge < -0.3 is 9.13 Å². The Morgan fingerprint density at radius 3 is 1.85 bits per heavy atom. The van der Waals surface area contributed by atoms with Crippen molar-refractivity contribution in [1.82, 2.24) is 14.1 Å². The molecule has 1 aliphatic carbocycles. The van der Waals surface area contributed by atoms with E-state index in [0.29, 0.717) is 0 Å². The molecule has 0 saturated carbocycles. The second-order valence-electron chi connectivity index (χ2n) is 12.0. The molecule has 0 bridgehead atoms. The number of nitrogens with zero attached hydrogens (tertiary/aromatic N) is 3. The molecule has 9 rings (SSSR count). The molecule has 3 nitrogen and oxygen atoms in total. The Morgan fingerprint density at radius 1 is 0.522 bits per heavy atom. The van der Waals surface area contributed by atoms with Gasteiger partial charge in [0.25, 0.3) is 0 Å². The zero-order valence-electron chi connectivity index (χ0n) is 25.3. The summed E-state index contributed by atoms with van der Waals surface area (Å²) >= 11 is 0. The van der Waals surface area contributed by atoms with E-state index in [1.807, 2.05) is 12.1 Å². The van der Waals surface area contributed by atoms with Crippen LogP contribution in [0.1, 0.15) is 17.7 Å². The molecule has 46 heavy (non-hydrogen) atoms. The van der Waals surface area contributed by atoms with Gasteiger partial charge in [0.2, 0.25) is 0 Å². The topological polar surface area (TPSA) is 22.8 Å². The molecule has 0 radical (unpaired) electrons. The fourth-order valence-corrected chi connectivity index (χ4v) is 6.99. The number of pyridine rings is 1. The third-order valence-corrected chi connectivity index (χ3v) is 9.21. The summed E-state index contributed by atoms with van der Waals surface area (Å²) in [7, 11) is 0. The maximum absolute atomic E-state index is 5.07. The molecule has 5 aromatic carbocycles. The summed E-state index contributed by atoms with van der Waals surface area (Å²) in [5.41, 5.74) is 14.1. The second kappa shape index (κ2) is 10.9. The lowest BCUT2D eigenvalue weighted by Gasteiger charge is -2.13. The second-order valence-corrected chi connectivity index (χ2v) is 12.0. The molecule has 0 spiro atoms. The third kappa shape index (κ3) is 4.48. The summed E-state index contributed by atoms with van der Waals surface area (Å²) in [6.07, 6.45) is 8.93. The van der Waals surface area contributed by atoms with Crippen molar-refractivity contribution in [3.63, 3.8) is 0 Å². The van der Waals surface area contributed by atoms with Gasteiger partial charge >= 0.3 is 0 Å². The molecule has 0 N–H and O–H groups in total. The Balaban J connectivity index is 1.15. The Kier molecular flexibility index (Phi) is 6.27. The number of allylic oxidation sites excluding steroid dienone is 1. The zero-order valence-corrected chi connectivity index (χ0v) is 25.3. The van der Waals surface area contributed by atoms with E-state index < -0.39 is 0 Å². The van der Waals surface area contributed by atoms with E-state index in [-0.39, 0.29) is 0 Å². The molecular formula is C43H31N3. The normalized spacial score (nSPS) is 12.5. The summed E-state index contributed by atoms with van der Waals surface area (Å²) in [5.74, 6) is 0. The lowest BCUT2D eigenvalue weighted by molar-refractivity contribution is 0.888. The molecule has 3 heterocycles. The molecule has 218 valence electrons. The monoisotopic (exact) mass is 589 g/mol. The molecule has 0 aliphatic heterocycles. The van der Waals surface area contributed by atoms with Crippen LogP contribution in [0.4, 0.5) is 0 Å². The molecule has 1 aliphatic rings. The van der Waals surface area contributed by atoms with Crippen molar-refractivity contribution >= 4 is 27.9 Å². The first-order valence-corrected chi connectivity index (χ1v) is 15.9. The predicted octanol–water partition coefficient (Wildman–Crippen LogP) is 10.9. The molecule has 0 unspecified atom stereocenters. The van der Waals surface area contributed by atoms with Gasteiger partial charge in [0.15, 0.2) is 0 Å². The highest BCUT2D eigenvalue weighted by Crippen LogP contribution is 2.37. The third-order valence-electron chi connectivity index (χ3n) is 9.21. The lowest BCUT2D eigenvalue weighted by atomic mass is 9.98. The van der Waals surface area contributed by atoms with Gasteiger partial charge in [-0.25, -0.2) is 4.98 Å². The molecule has 0 atom stereocenters. The summed E-state index contributed by atoms with van der Waals surface area (Å²) in [4.78, 5) is 5.07. The van der Waals surface area contributed by atoms with Gasteiger partial charge in [-0.15, -0.1) is 0 Å². The first-order valence-electron chi connectivity index (χ1n) is 15.9. The number of hydrogen-bond acceptors (Lipinski definition) is 1. The van der Waals surface area contributed by atoms with E-state index in [1.165, 1.54) is 49.9 Å². The van der Waals surface area contributed by atoms with Gasteiger partial charge in [-0.3, -0.25) is 0 Å². The largest absolute Gasteiger partial charge is 0.316 e. The number of aromatic nitrogens is 3. The van der Waals surface area contributed by atoms with E-state index in [9.17, 15) is 0 Å². The number of fused-ring (bicyclic) bond motifs is 4. The average molecular weight is 590 g/mol. The summed E-state index contributed by atoms with van der Waals surface area (Å²) in [5, 5.41) is 2.52. The Labute approximate surface area is 268 Å². The predicted molar refractivity (Wildman–Crippen MR) is 192 cm³/mol. The van der Waals surface area contributed by atoms with Crippen LogP contribution in [-0.2, 0) is 6.42 Å². The fourth-order valence-electron chi connectivity index (χ4n) is 6.99. The molecule has 0 fully saturated rings. The van der Waals surface area contributed by atoms with Crippen LogP contribution in [0, 0.1) is 0 Å². The first-order chi connectivity index (χ1) is 22.8. The highest BCUT2D eigenvalue weighted by Gasteiger charge is 2.19. The summed E-state index contributed by atoms with van der Waals surface area (Å²) in [6.45, 7) is 0. The van der Waals surface area contributed by atoms with Crippen molar-refractivity contribution in [2.75, 3.05) is 0 Å². The molecule has 0 saturated heterocycles. The Morgan fingerprint density at radius 2 is 1.15 bits per heavy atom. The molecule has 3 aromatic heterocycles. The standard InChI is InChI=1S/C43H31N3/c1-4-12-30(13-5-1)39-28-36(29-40(44-39)31-14-6-2-7-15-31)45-25-24-34-26-32(20-22-41(34)45)33-21-23-43-38(27-33)37-18-10-11-19-42(37)46(43)35-16-8-3-9-17-35/h1-10,12-18,20-29H,11,19H2. The zero-order chi connectivity index (χ0) is 30.5. The van der Waals surface area contributed by atoms with Crippen LogP contribution in [0.15, 0.2) is 158 Å². The van der Waals surface area contributed by atoms with E-state index in [1.54, 1.807) is 0 Å². The maximum Gasteiger partial charge on any atom is 0.0730 e. The Bertz CT molecular complexity index is 2340.